The van der Waals surface area contributed by atoms with E-state index in [2.05, 4.69) is 41.4 Å². The van der Waals surface area contributed by atoms with Gasteiger partial charge in [0.05, 0.1) is 0 Å². The SMILES string of the molecule is CC1CN(C(=O)C(C)(C)C)C(Cc2ccccc2)CN1. The molecule has 1 aliphatic rings. The first kappa shape index (κ1) is 15.0. The maximum absolute atomic E-state index is 12.7. The molecule has 0 saturated carbocycles. The lowest BCUT2D eigenvalue weighted by Gasteiger charge is -2.42. The topological polar surface area (TPSA) is 32.3 Å². The number of benzene rings is 1. The molecule has 20 heavy (non-hydrogen) atoms. The van der Waals surface area contributed by atoms with Crippen molar-refractivity contribution in [3.63, 3.8) is 0 Å². The molecule has 110 valence electrons. The third kappa shape index (κ3) is 3.60. The van der Waals surface area contributed by atoms with Crippen molar-refractivity contribution in [1.82, 2.24) is 10.2 Å². The Morgan fingerprint density at radius 2 is 1.95 bits per heavy atom. The quantitative estimate of drug-likeness (QED) is 0.898. The Morgan fingerprint density at radius 3 is 2.55 bits per heavy atom. The predicted octanol–water partition coefficient (Wildman–Crippen LogP) is 2.46. The van der Waals surface area contributed by atoms with E-state index in [4.69, 9.17) is 0 Å². The molecule has 2 atom stereocenters. The Bertz CT molecular complexity index is 450. The van der Waals surface area contributed by atoms with Gasteiger partial charge < -0.3 is 10.2 Å². The van der Waals surface area contributed by atoms with Gasteiger partial charge in [-0.15, -0.1) is 0 Å². The standard InChI is InChI=1S/C17H26N2O/c1-13-12-19(16(20)17(2,3)4)15(11-18-13)10-14-8-6-5-7-9-14/h5-9,13,15,18H,10-12H2,1-4H3. The van der Waals surface area contributed by atoms with Crippen molar-refractivity contribution in [2.75, 3.05) is 13.1 Å². The van der Waals surface area contributed by atoms with Crippen molar-refractivity contribution in [1.29, 1.82) is 0 Å². The Hall–Kier alpha value is -1.35. The summed E-state index contributed by atoms with van der Waals surface area (Å²) in [6.45, 7) is 9.82. The molecule has 0 radical (unpaired) electrons. The zero-order valence-electron chi connectivity index (χ0n) is 13.0. The molecule has 0 aromatic heterocycles. The van der Waals surface area contributed by atoms with Crippen molar-refractivity contribution in [2.45, 2.75) is 46.2 Å². The minimum Gasteiger partial charge on any atom is -0.336 e. The molecule has 1 aromatic carbocycles. The number of hydrogen-bond donors (Lipinski definition) is 1. The number of hydrogen-bond acceptors (Lipinski definition) is 2. The molecule has 1 fully saturated rings. The van der Waals surface area contributed by atoms with Gasteiger partial charge in [0.2, 0.25) is 5.91 Å². The van der Waals surface area contributed by atoms with Crippen molar-refractivity contribution >= 4 is 5.91 Å². The van der Waals surface area contributed by atoms with Crippen LogP contribution >= 0.6 is 0 Å². The van der Waals surface area contributed by atoms with Gasteiger partial charge in [-0.05, 0) is 18.9 Å². The lowest BCUT2D eigenvalue weighted by atomic mass is 9.91. The van der Waals surface area contributed by atoms with Crippen molar-refractivity contribution < 1.29 is 4.79 Å². The number of nitrogens with zero attached hydrogens (tertiary/aromatic N) is 1. The zero-order valence-corrected chi connectivity index (χ0v) is 13.0. The first-order chi connectivity index (χ1) is 9.38. The smallest absolute Gasteiger partial charge is 0.228 e. The van der Waals surface area contributed by atoms with Gasteiger partial charge in [0.15, 0.2) is 0 Å². The number of amides is 1. The number of rotatable bonds is 2. The minimum absolute atomic E-state index is 0.250. The Labute approximate surface area is 122 Å². The molecule has 1 aliphatic heterocycles. The van der Waals surface area contributed by atoms with Gasteiger partial charge in [-0.25, -0.2) is 0 Å². The van der Waals surface area contributed by atoms with E-state index in [-0.39, 0.29) is 17.4 Å². The summed E-state index contributed by atoms with van der Waals surface area (Å²) in [5, 5.41) is 3.49. The van der Waals surface area contributed by atoms with Gasteiger partial charge in [0.1, 0.15) is 0 Å². The van der Waals surface area contributed by atoms with Crippen molar-refractivity contribution in [3.05, 3.63) is 35.9 Å². The second-order valence-electron chi connectivity index (χ2n) is 6.86. The molecule has 1 amide bonds. The lowest BCUT2D eigenvalue weighted by molar-refractivity contribution is -0.143. The molecule has 0 spiro atoms. The van der Waals surface area contributed by atoms with E-state index in [1.807, 2.05) is 26.8 Å². The average Bonchev–Trinajstić information content (AvgIpc) is 2.40. The maximum atomic E-state index is 12.7. The summed E-state index contributed by atoms with van der Waals surface area (Å²) in [6.07, 6.45) is 0.919. The van der Waals surface area contributed by atoms with Gasteiger partial charge in [0, 0.05) is 30.6 Å². The van der Waals surface area contributed by atoms with E-state index in [1.54, 1.807) is 0 Å². The van der Waals surface area contributed by atoms with E-state index in [1.165, 1.54) is 5.56 Å². The van der Waals surface area contributed by atoms with Crippen LogP contribution in [-0.2, 0) is 11.2 Å². The third-order valence-corrected chi connectivity index (χ3v) is 3.83. The van der Waals surface area contributed by atoms with Crippen LogP contribution in [0.4, 0.5) is 0 Å². The molecule has 1 aromatic rings. The molecule has 3 heteroatoms. The molecule has 3 nitrogen and oxygen atoms in total. The first-order valence-corrected chi connectivity index (χ1v) is 7.46. The summed E-state index contributed by atoms with van der Waals surface area (Å²) >= 11 is 0. The summed E-state index contributed by atoms with van der Waals surface area (Å²) in [4.78, 5) is 14.7. The first-order valence-electron chi connectivity index (χ1n) is 7.46. The second-order valence-corrected chi connectivity index (χ2v) is 6.86. The normalized spacial score (nSPS) is 23.7. The van der Waals surface area contributed by atoms with Crippen molar-refractivity contribution in [2.24, 2.45) is 5.41 Å². The van der Waals surface area contributed by atoms with Gasteiger partial charge >= 0.3 is 0 Å². The summed E-state index contributed by atoms with van der Waals surface area (Å²) in [5.74, 6) is 0.256. The molecular formula is C17H26N2O. The minimum atomic E-state index is -0.313. The van der Waals surface area contributed by atoms with Crippen molar-refractivity contribution in [3.8, 4) is 0 Å². The highest BCUT2D eigenvalue weighted by atomic mass is 16.2. The monoisotopic (exact) mass is 274 g/mol. The molecule has 1 N–H and O–H groups in total. The Kier molecular flexibility index (Phi) is 4.48. The fourth-order valence-electron chi connectivity index (χ4n) is 2.70. The molecule has 0 bridgehead atoms. The van der Waals surface area contributed by atoms with Crippen LogP contribution in [0.25, 0.3) is 0 Å². The summed E-state index contributed by atoms with van der Waals surface area (Å²) in [5.41, 5.74) is 0.979. The third-order valence-electron chi connectivity index (χ3n) is 3.83. The van der Waals surface area contributed by atoms with E-state index in [0.717, 1.165) is 19.5 Å². The van der Waals surface area contributed by atoms with E-state index >= 15 is 0 Å². The molecule has 2 unspecified atom stereocenters. The summed E-state index contributed by atoms with van der Waals surface area (Å²) in [7, 11) is 0. The van der Waals surface area contributed by atoms with Crippen LogP contribution in [0.15, 0.2) is 30.3 Å². The van der Waals surface area contributed by atoms with Crippen LogP contribution in [0.1, 0.15) is 33.3 Å². The van der Waals surface area contributed by atoms with Crippen LogP contribution in [0, 0.1) is 5.41 Å². The molecule has 1 heterocycles. The van der Waals surface area contributed by atoms with Crippen LogP contribution in [0.3, 0.4) is 0 Å². The van der Waals surface area contributed by atoms with E-state index in [9.17, 15) is 4.79 Å². The van der Waals surface area contributed by atoms with Crippen LogP contribution in [-0.4, -0.2) is 36.0 Å². The summed E-state index contributed by atoms with van der Waals surface area (Å²) < 4.78 is 0. The summed E-state index contributed by atoms with van der Waals surface area (Å²) in [6, 6.07) is 11.0. The molecular weight excluding hydrogens is 248 g/mol. The number of carbonyl (C=O) groups is 1. The Morgan fingerprint density at radius 1 is 1.30 bits per heavy atom. The van der Waals surface area contributed by atoms with Gasteiger partial charge in [-0.1, -0.05) is 51.1 Å². The number of nitrogens with one attached hydrogen (secondary N) is 1. The van der Waals surface area contributed by atoms with Gasteiger partial charge in [0.25, 0.3) is 0 Å². The fraction of sp³-hybridized carbons (Fsp3) is 0.588. The van der Waals surface area contributed by atoms with Crippen LogP contribution in [0.5, 0.6) is 0 Å². The molecule has 0 aliphatic carbocycles. The highest BCUT2D eigenvalue weighted by molar-refractivity contribution is 5.82. The maximum Gasteiger partial charge on any atom is 0.228 e. The Balaban J connectivity index is 2.14. The second kappa shape index (κ2) is 5.96. The largest absolute Gasteiger partial charge is 0.336 e. The highest BCUT2D eigenvalue weighted by Crippen LogP contribution is 2.22. The van der Waals surface area contributed by atoms with Gasteiger partial charge in [-0.3, -0.25) is 4.79 Å². The van der Waals surface area contributed by atoms with E-state index in [0.29, 0.717) is 6.04 Å². The molecule has 1 saturated heterocycles. The lowest BCUT2D eigenvalue weighted by Crippen LogP contribution is -2.60. The number of carbonyl (C=O) groups excluding carboxylic acids is 1. The van der Waals surface area contributed by atoms with Crippen LogP contribution < -0.4 is 5.32 Å². The van der Waals surface area contributed by atoms with E-state index < -0.39 is 0 Å². The fourth-order valence-corrected chi connectivity index (χ4v) is 2.70. The van der Waals surface area contributed by atoms with Gasteiger partial charge in [-0.2, -0.15) is 0 Å². The average molecular weight is 274 g/mol. The number of piperazine rings is 1. The highest BCUT2D eigenvalue weighted by Gasteiger charge is 2.35. The van der Waals surface area contributed by atoms with Crippen LogP contribution in [0.2, 0.25) is 0 Å². The predicted molar refractivity (Wildman–Crippen MR) is 82.6 cm³/mol. The zero-order chi connectivity index (χ0) is 14.8. The molecule has 2 rings (SSSR count).